The molecule has 1 aliphatic heterocycles. The number of hydrogen-bond acceptors (Lipinski definition) is 4. The quantitative estimate of drug-likeness (QED) is 0.753. The monoisotopic (exact) mass is 276 g/mol. The first-order valence-corrected chi connectivity index (χ1v) is 7.96. The molecule has 1 atom stereocenters. The van der Waals surface area contributed by atoms with Crippen molar-refractivity contribution in [2.75, 3.05) is 18.6 Å². The first-order valence-electron chi connectivity index (χ1n) is 5.89. The summed E-state index contributed by atoms with van der Waals surface area (Å²) in [6, 6.07) is -0.551. The highest BCUT2D eigenvalue weighted by Crippen LogP contribution is 2.21. The zero-order valence-electron chi connectivity index (χ0n) is 11.2. The van der Waals surface area contributed by atoms with Crippen molar-refractivity contribution in [3.8, 4) is 0 Å². The van der Waals surface area contributed by atoms with E-state index in [1.807, 2.05) is 0 Å². The Morgan fingerprint density at radius 2 is 1.89 bits per heavy atom. The molecule has 1 heterocycles. The average Bonchev–Trinajstić information content (AvgIpc) is 2.21. The summed E-state index contributed by atoms with van der Waals surface area (Å²) in [5.74, 6) is -0.598. The minimum Gasteiger partial charge on any atom is -0.342 e. The van der Waals surface area contributed by atoms with Gasteiger partial charge in [0, 0.05) is 12.8 Å². The Morgan fingerprint density at radius 3 is 2.33 bits per heavy atom. The molecule has 0 aromatic heterocycles. The van der Waals surface area contributed by atoms with Gasteiger partial charge in [-0.15, -0.1) is 0 Å². The minimum atomic E-state index is -3.16. The van der Waals surface area contributed by atoms with Crippen LogP contribution in [0.5, 0.6) is 0 Å². The molecule has 7 heteroatoms. The van der Waals surface area contributed by atoms with Gasteiger partial charge in [0.15, 0.2) is 0 Å². The first-order chi connectivity index (χ1) is 8.09. The van der Waals surface area contributed by atoms with E-state index in [0.29, 0.717) is 6.42 Å². The third-order valence-electron chi connectivity index (χ3n) is 3.19. The third-order valence-corrected chi connectivity index (χ3v) is 4.12. The van der Waals surface area contributed by atoms with Gasteiger partial charge in [-0.3, -0.25) is 9.59 Å². The Bertz CT molecular complexity index is 456. The van der Waals surface area contributed by atoms with Crippen LogP contribution in [0.25, 0.3) is 0 Å². The largest absolute Gasteiger partial charge is 0.342 e. The number of sulfone groups is 1. The van der Waals surface area contributed by atoms with Crippen molar-refractivity contribution >= 4 is 21.7 Å². The molecule has 104 valence electrons. The fourth-order valence-corrected chi connectivity index (χ4v) is 2.42. The summed E-state index contributed by atoms with van der Waals surface area (Å²) in [6.07, 6.45) is 1.61. The van der Waals surface area contributed by atoms with Gasteiger partial charge in [-0.25, -0.2) is 8.42 Å². The topological polar surface area (TPSA) is 83.6 Å². The van der Waals surface area contributed by atoms with Crippen LogP contribution >= 0.6 is 0 Å². The summed E-state index contributed by atoms with van der Waals surface area (Å²) in [6.45, 7) is 5.09. The highest BCUT2D eigenvalue weighted by Gasteiger charge is 2.45. The molecule has 2 amide bonds. The lowest BCUT2D eigenvalue weighted by atomic mass is 9.95. The number of carbonyl (C=O) groups excluding carboxylic acids is 2. The number of hydrogen-bond donors (Lipinski definition) is 1. The van der Waals surface area contributed by atoms with Crippen LogP contribution in [-0.4, -0.2) is 55.3 Å². The van der Waals surface area contributed by atoms with Gasteiger partial charge in [-0.05, 0) is 20.3 Å². The van der Waals surface area contributed by atoms with Crippen molar-refractivity contribution in [1.29, 1.82) is 0 Å². The van der Waals surface area contributed by atoms with E-state index in [1.165, 1.54) is 4.90 Å². The zero-order chi connectivity index (χ0) is 14.1. The molecule has 0 aromatic rings. The molecule has 0 radical (unpaired) electrons. The van der Waals surface area contributed by atoms with Gasteiger partial charge < -0.3 is 10.2 Å². The van der Waals surface area contributed by atoms with Crippen molar-refractivity contribution in [2.45, 2.75) is 38.8 Å². The van der Waals surface area contributed by atoms with Crippen LogP contribution in [0.15, 0.2) is 0 Å². The summed E-state index contributed by atoms with van der Waals surface area (Å²) >= 11 is 0. The maximum atomic E-state index is 12.2. The van der Waals surface area contributed by atoms with Crippen LogP contribution in [0.2, 0.25) is 0 Å². The van der Waals surface area contributed by atoms with Gasteiger partial charge in [0.05, 0.1) is 5.75 Å². The summed E-state index contributed by atoms with van der Waals surface area (Å²) in [4.78, 5) is 25.4. The number of carbonyl (C=O) groups is 2. The number of nitrogens with zero attached hydrogens (tertiary/aromatic N) is 1. The summed E-state index contributed by atoms with van der Waals surface area (Å²) in [5.41, 5.74) is -1.01. The van der Waals surface area contributed by atoms with Crippen LogP contribution in [0.4, 0.5) is 0 Å². The molecule has 0 aliphatic carbocycles. The standard InChI is InChI=1S/C11H20N2O4S/c1-5-8-9(14)13(6-7-18(4,16)17)11(2,3)10(15)12-8/h8H,5-7H2,1-4H3,(H,12,15). The summed E-state index contributed by atoms with van der Waals surface area (Å²) in [5, 5.41) is 2.65. The lowest BCUT2D eigenvalue weighted by molar-refractivity contribution is -0.154. The molecule has 1 aliphatic rings. The van der Waals surface area contributed by atoms with E-state index < -0.39 is 21.4 Å². The molecular formula is C11H20N2O4S. The molecular weight excluding hydrogens is 256 g/mol. The second-order valence-electron chi connectivity index (χ2n) is 5.11. The third kappa shape index (κ3) is 3.01. The smallest absolute Gasteiger partial charge is 0.246 e. The number of nitrogens with one attached hydrogen (secondary N) is 1. The van der Waals surface area contributed by atoms with Crippen LogP contribution < -0.4 is 5.32 Å². The predicted molar refractivity (Wildman–Crippen MR) is 67.7 cm³/mol. The molecule has 0 bridgehead atoms. The SMILES string of the molecule is CCC1NC(=O)C(C)(C)N(CCS(C)(=O)=O)C1=O. The molecule has 0 saturated carbocycles. The molecule has 1 unspecified atom stereocenters. The Labute approximate surface area is 108 Å². The van der Waals surface area contributed by atoms with Crippen molar-refractivity contribution in [2.24, 2.45) is 0 Å². The average molecular weight is 276 g/mol. The maximum Gasteiger partial charge on any atom is 0.246 e. The molecule has 1 rings (SSSR count). The van der Waals surface area contributed by atoms with Crippen molar-refractivity contribution in [3.05, 3.63) is 0 Å². The lowest BCUT2D eigenvalue weighted by Crippen LogP contribution is -2.68. The Balaban J connectivity index is 2.95. The fourth-order valence-electron chi connectivity index (χ4n) is 1.91. The highest BCUT2D eigenvalue weighted by molar-refractivity contribution is 7.90. The van der Waals surface area contributed by atoms with Crippen molar-refractivity contribution < 1.29 is 18.0 Å². The Kier molecular flexibility index (Phi) is 4.05. The van der Waals surface area contributed by atoms with Gasteiger partial charge in [-0.2, -0.15) is 0 Å². The molecule has 0 spiro atoms. The molecule has 1 fully saturated rings. The van der Waals surface area contributed by atoms with Crippen molar-refractivity contribution in [3.63, 3.8) is 0 Å². The second-order valence-corrected chi connectivity index (χ2v) is 7.37. The summed E-state index contributed by atoms with van der Waals surface area (Å²) < 4.78 is 22.4. The fraction of sp³-hybridized carbons (Fsp3) is 0.818. The van der Waals surface area contributed by atoms with Crippen LogP contribution in [0, 0.1) is 0 Å². The first kappa shape index (κ1) is 14.9. The van der Waals surface area contributed by atoms with Gasteiger partial charge >= 0.3 is 0 Å². The van der Waals surface area contributed by atoms with Gasteiger partial charge in [0.25, 0.3) is 0 Å². The zero-order valence-corrected chi connectivity index (χ0v) is 12.0. The van der Waals surface area contributed by atoms with Gasteiger partial charge in [0.1, 0.15) is 21.4 Å². The number of amides is 2. The molecule has 0 aromatic carbocycles. The predicted octanol–water partition coefficient (Wildman–Crippen LogP) is -0.453. The van der Waals surface area contributed by atoms with E-state index >= 15 is 0 Å². The minimum absolute atomic E-state index is 0.0502. The van der Waals surface area contributed by atoms with Crippen LogP contribution in [0.1, 0.15) is 27.2 Å². The van der Waals surface area contributed by atoms with E-state index in [0.717, 1.165) is 6.26 Å². The normalized spacial score (nSPS) is 24.0. The number of piperazine rings is 1. The van der Waals surface area contributed by atoms with Crippen LogP contribution in [-0.2, 0) is 19.4 Å². The Hall–Kier alpha value is -1.11. The molecule has 18 heavy (non-hydrogen) atoms. The number of rotatable bonds is 4. The van der Waals surface area contributed by atoms with Crippen molar-refractivity contribution in [1.82, 2.24) is 10.2 Å². The van der Waals surface area contributed by atoms with E-state index in [4.69, 9.17) is 0 Å². The maximum absolute atomic E-state index is 12.2. The van der Waals surface area contributed by atoms with E-state index in [-0.39, 0.29) is 24.1 Å². The van der Waals surface area contributed by atoms with Gasteiger partial charge in [-0.1, -0.05) is 6.92 Å². The highest BCUT2D eigenvalue weighted by atomic mass is 32.2. The van der Waals surface area contributed by atoms with Gasteiger partial charge in [0.2, 0.25) is 11.8 Å². The van der Waals surface area contributed by atoms with E-state index in [9.17, 15) is 18.0 Å². The molecule has 1 saturated heterocycles. The van der Waals surface area contributed by atoms with E-state index in [2.05, 4.69) is 5.32 Å². The summed E-state index contributed by atoms with van der Waals surface area (Å²) in [7, 11) is -3.16. The van der Waals surface area contributed by atoms with E-state index in [1.54, 1.807) is 20.8 Å². The molecule has 6 nitrogen and oxygen atoms in total. The Morgan fingerprint density at radius 1 is 1.33 bits per heavy atom. The van der Waals surface area contributed by atoms with Crippen LogP contribution in [0.3, 0.4) is 0 Å². The lowest BCUT2D eigenvalue weighted by Gasteiger charge is -2.44. The molecule has 1 N–H and O–H groups in total. The second kappa shape index (κ2) is 4.87.